The number of benzene rings is 2. The molecular weight excluding hydrogens is 358 g/mol. The van der Waals surface area contributed by atoms with Gasteiger partial charge in [0.05, 0.1) is 5.69 Å². The number of hydrogen-bond acceptors (Lipinski definition) is 4. The molecule has 0 unspecified atom stereocenters. The summed E-state index contributed by atoms with van der Waals surface area (Å²) in [7, 11) is 0. The molecule has 0 aliphatic rings. The Hall–Kier alpha value is -3.16. The fourth-order valence-corrected chi connectivity index (χ4v) is 2.26. The van der Waals surface area contributed by atoms with Crippen molar-refractivity contribution in [3.8, 4) is 11.5 Å². The molecule has 144 valence electrons. The van der Waals surface area contributed by atoms with Crippen molar-refractivity contribution in [3.63, 3.8) is 0 Å². The second-order valence-electron chi connectivity index (χ2n) is 5.59. The maximum absolute atomic E-state index is 12.1. The Morgan fingerprint density at radius 2 is 1.78 bits per heavy atom. The average molecular weight is 378 g/mol. The van der Waals surface area contributed by atoms with Gasteiger partial charge in [0.1, 0.15) is 11.5 Å². The van der Waals surface area contributed by atoms with Crippen LogP contribution in [0.5, 0.6) is 11.5 Å². The van der Waals surface area contributed by atoms with Crippen LogP contribution in [-0.2, 0) is 16.0 Å². The first-order valence-electron chi connectivity index (χ1n) is 8.24. The van der Waals surface area contributed by atoms with E-state index in [4.69, 9.17) is 4.74 Å². The molecule has 0 saturated carbocycles. The number of para-hydroxylation sites is 2. The van der Waals surface area contributed by atoms with E-state index < -0.39 is 6.61 Å². The summed E-state index contributed by atoms with van der Waals surface area (Å²) in [5.74, 6) is -0.0627. The number of halogens is 2. The maximum Gasteiger partial charge on any atom is 0.387 e. The number of alkyl halides is 2. The van der Waals surface area contributed by atoms with E-state index in [9.17, 15) is 18.4 Å². The van der Waals surface area contributed by atoms with Gasteiger partial charge in [0, 0.05) is 13.5 Å². The van der Waals surface area contributed by atoms with Crippen LogP contribution in [0.25, 0.3) is 0 Å². The van der Waals surface area contributed by atoms with Gasteiger partial charge < -0.3 is 20.1 Å². The minimum absolute atomic E-state index is 0.0871. The highest BCUT2D eigenvalue weighted by Crippen LogP contribution is 2.23. The van der Waals surface area contributed by atoms with Gasteiger partial charge in [-0.3, -0.25) is 9.59 Å². The summed E-state index contributed by atoms with van der Waals surface area (Å²) in [6.07, 6.45) is 0.531. The van der Waals surface area contributed by atoms with Gasteiger partial charge in [-0.05, 0) is 36.2 Å². The number of nitrogens with one attached hydrogen (secondary N) is 2. The van der Waals surface area contributed by atoms with Crippen LogP contribution >= 0.6 is 0 Å². The number of rotatable bonds is 9. The third-order valence-corrected chi connectivity index (χ3v) is 3.44. The topological polar surface area (TPSA) is 76.7 Å². The molecule has 0 heterocycles. The highest BCUT2D eigenvalue weighted by Gasteiger charge is 2.08. The molecule has 27 heavy (non-hydrogen) atoms. The third-order valence-electron chi connectivity index (χ3n) is 3.44. The lowest BCUT2D eigenvalue weighted by Crippen LogP contribution is -2.30. The predicted octanol–water partition coefficient (Wildman–Crippen LogP) is 2.98. The molecule has 0 spiro atoms. The quantitative estimate of drug-likeness (QED) is 0.703. The molecular formula is C19H20F2N2O4. The van der Waals surface area contributed by atoms with Gasteiger partial charge in [0.15, 0.2) is 6.61 Å². The molecule has 2 amide bonds. The average Bonchev–Trinajstić information content (AvgIpc) is 2.61. The van der Waals surface area contributed by atoms with Crippen LogP contribution in [0.3, 0.4) is 0 Å². The Morgan fingerprint density at radius 3 is 2.44 bits per heavy atom. The molecule has 0 radical (unpaired) electrons. The molecule has 2 aromatic rings. The first-order chi connectivity index (χ1) is 12.9. The molecule has 6 nitrogen and oxygen atoms in total. The third kappa shape index (κ3) is 7.31. The van der Waals surface area contributed by atoms with E-state index in [1.807, 2.05) is 0 Å². The van der Waals surface area contributed by atoms with Gasteiger partial charge >= 0.3 is 6.61 Å². The molecule has 2 aromatic carbocycles. The van der Waals surface area contributed by atoms with Crippen LogP contribution in [0.2, 0.25) is 0 Å². The van der Waals surface area contributed by atoms with E-state index in [0.717, 1.165) is 5.56 Å². The van der Waals surface area contributed by atoms with Crippen LogP contribution < -0.4 is 20.1 Å². The van der Waals surface area contributed by atoms with Crippen molar-refractivity contribution in [3.05, 3.63) is 54.1 Å². The molecule has 0 atom stereocenters. The van der Waals surface area contributed by atoms with Gasteiger partial charge in [-0.25, -0.2) is 0 Å². The van der Waals surface area contributed by atoms with Gasteiger partial charge in [-0.1, -0.05) is 24.3 Å². The minimum Gasteiger partial charge on any atom is -0.482 e. The Kier molecular flexibility index (Phi) is 7.54. The van der Waals surface area contributed by atoms with Gasteiger partial charge in [-0.15, -0.1) is 0 Å². The Bertz CT molecular complexity index is 767. The molecule has 0 bridgehead atoms. The summed E-state index contributed by atoms with van der Waals surface area (Å²) in [5, 5.41) is 5.33. The van der Waals surface area contributed by atoms with E-state index >= 15 is 0 Å². The number of hydrogen-bond donors (Lipinski definition) is 2. The SMILES string of the molecule is CC(=O)Nc1ccccc1OCC(=O)NCCc1ccc(OC(F)F)cc1. The lowest BCUT2D eigenvalue weighted by Gasteiger charge is -2.11. The normalized spacial score (nSPS) is 10.4. The van der Waals surface area contributed by atoms with Crippen molar-refractivity contribution in [2.24, 2.45) is 0 Å². The predicted molar refractivity (Wildman–Crippen MR) is 96.0 cm³/mol. The summed E-state index contributed by atoms with van der Waals surface area (Å²) in [4.78, 5) is 23.1. The molecule has 8 heteroatoms. The van der Waals surface area contributed by atoms with Crippen LogP contribution in [-0.4, -0.2) is 31.6 Å². The second-order valence-corrected chi connectivity index (χ2v) is 5.59. The lowest BCUT2D eigenvalue weighted by molar-refractivity contribution is -0.123. The fraction of sp³-hybridized carbons (Fsp3) is 0.263. The highest BCUT2D eigenvalue weighted by molar-refractivity contribution is 5.90. The van der Waals surface area contributed by atoms with Crippen LogP contribution in [0, 0.1) is 0 Å². The fourth-order valence-electron chi connectivity index (χ4n) is 2.26. The van der Waals surface area contributed by atoms with Gasteiger partial charge in [0.2, 0.25) is 5.91 Å². The number of carbonyl (C=O) groups excluding carboxylic acids is 2. The standard InChI is InChI=1S/C19H20F2N2O4/c1-13(24)23-16-4-2-3-5-17(16)26-12-18(25)22-11-10-14-6-8-15(9-7-14)27-19(20)21/h2-9,19H,10-12H2,1H3,(H,22,25)(H,23,24). The summed E-state index contributed by atoms with van der Waals surface area (Å²) < 4.78 is 33.9. The number of ether oxygens (including phenoxy) is 2. The van der Waals surface area contributed by atoms with Gasteiger partial charge in [-0.2, -0.15) is 8.78 Å². The molecule has 0 fully saturated rings. The number of amides is 2. The molecule has 2 N–H and O–H groups in total. The lowest BCUT2D eigenvalue weighted by atomic mass is 10.1. The summed E-state index contributed by atoms with van der Waals surface area (Å²) in [6, 6.07) is 13.0. The molecule has 0 aliphatic heterocycles. The van der Waals surface area contributed by atoms with Crippen molar-refractivity contribution < 1.29 is 27.8 Å². The van der Waals surface area contributed by atoms with E-state index in [0.29, 0.717) is 24.4 Å². The van der Waals surface area contributed by atoms with Crippen LogP contribution in [0.1, 0.15) is 12.5 Å². The Labute approximate surface area is 155 Å². The van der Waals surface area contributed by atoms with Gasteiger partial charge in [0.25, 0.3) is 5.91 Å². The molecule has 2 rings (SSSR count). The molecule has 0 saturated heterocycles. The smallest absolute Gasteiger partial charge is 0.387 e. The highest BCUT2D eigenvalue weighted by atomic mass is 19.3. The van der Waals surface area contributed by atoms with Crippen molar-refractivity contribution in [2.45, 2.75) is 20.0 Å². The van der Waals surface area contributed by atoms with Crippen LogP contribution in [0.15, 0.2) is 48.5 Å². The monoisotopic (exact) mass is 378 g/mol. The summed E-state index contributed by atoms with van der Waals surface area (Å²) >= 11 is 0. The van der Waals surface area contributed by atoms with Crippen molar-refractivity contribution in [1.29, 1.82) is 0 Å². The largest absolute Gasteiger partial charge is 0.482 e. The maximum atomic E-state index is 12.1. The first-order valence-corrected chi connectivity index (χ1v) is 8.24. The van der Waals surface area contributed by atoms with E-state index in [1.54, 1.807) is 36.4 Å². The van der Waals surface area contributed by atoms with E-state index in [1.165, 1.54) is 19.1 Å². The molecule has 0 aliphatic carbocycles. The number of carbonyl (C=O) groups is 2. The zero-order chi connectivity index (χ0) is 19.6. The zero-order valence-corrected chi connectivity index (χ0v) is 14.7. The minimum atomic E-state index is -2.86. The Balaban J connectivity index is 1.74. The summed E-state index contributed by atoms with van der Waals surface area (Å²) in [6.45, 7) is -1.30. The van der Waals surface area contributed by atoms with E-state index in [2.05, 4.69) is 15.4 Å². The Morgan fingerprint density at radius 1 is 1.07 bits per heavy atom. The van der Waals surface area contributed by atoms with Crippen molar-refractivity contribution in [2.75, 3.05) is 18.5 Å². The van der Waals surface area contributed by atoms with Crippen LogP contribution in [0.4, 0.5) is 14.5 Å². The number of anilines is 1. The zero-order valence-electron chi connectivity index (χ0n) is 14.7. The van der Waals surface area contributed by atoms with Crippen molar-refractivity contribution >= 4 is 17.5 Å². The van der Waals surface area contributed by atoms with E-state index in [-0.39, 0.29) is 24.2 Å². The van der Waals surface area contributed by atoms with Crippen molar-refractivity contribution in [1.82, 2.24) is 5.32 Å². The summed E-state index contributed by atoms with van der Waals surface area (Å²) in [5.41, 5.74) is 1.36. The first kappa shape index (κ1) is 20.2. The molecule has 0 aromatic heterocycles. The second kappa shape index (κ2) is 10.1.